The molecule has 0 atom stereocenters. The first kappa shape index (κ1) is 8.90. The van der Waals surface area contributed by atoms with Crippen LogP contribution in [0.4, 0.5) is 5.69 Å². The van der Waals surface area contributed by atoms with E-state index in [9.17, 15) is 4.79 Å². The van der Waals surface area contributed by atoms with Gasteiger partial charge in [0.15, 0.2) is 0 Å². The van der Waals surface area contributed by atoms with Crippen molar-refractivity contribution in [3.63, 3.8) is 0 Å². The van der Waals surface area contributed by atoms with Crippen LogP contribution in [0.3, 0.4) is 0 Å². The molecule has 2 aromatic rings. The van der Waals surface area contributed by atoms with Gasteiger partial charge in [-0.25, -0.2) is 0 Å². The number of hydrogen-bond acceptors (Lipinski definition) is 2. The largest absolute Gasteiger partial charge is 0.396 e. The van der Waals surface area contributed by atoms with E-state index in [4.69, 9.17) is 23.1 Å². The molecular weight excluding hydrogens is 202 g/mol. The highest BCUT2D eigenvalue weighted by Crippen LogP contribution is 2.27. The molecule has 1 heterocycles. The Hall–Kier alpha value is -1.68. The summed E-state index contributed by atoms with van der Waals surface area (Å²) in [5.74, 6) is -0.574. The number of amides is 1. The summed E-state index contributed by atoms with van der Waals surface area (Å²) >= 11 is 5.79. The Bertz CT molecular complexity index is 518. The van der Waals surface area contributed by atoms with Gasteiger partial charge >= 0.3 is 0 Å². The summed E-state index contributed by atoms with van der Waals surface area (Å²) in [5, 5.41) is 1.28. The van der Waals surface area contributed by atoms with Crippen molar-refractivity contribution < 1.29 is 4.79 Å². The Morgan fingerprint density at radius 3 is 2.79 bits per heavy atom. The summed E-state index contributed by atoms with van der Waals surface area (Å²) in [4.78, 5) is 13.8. The summed E-state index contributed by atoms with van der Waals surface area (Å²) in [5.41, 5.74) is 12.2. The van der Waals surface area contributed by atoms with E-state index in [1.807, 2.05) is 0 Å². The molecule has 4 nitrogen and oxygen atoms in total. The third-order valence-corrected chi connectivity index (χ3v) is 2.28. The van der Waals surface area contributed by atoms with Gasteiger partial charge in [0.05, 0.1) is 5.69 Å². The number of H-pyrrole nitrogens is 1. The molecule has 0 saturated carbocycles. The Labute approximate surface area is 84.8 Å². The van der Waals surface area contributed by atoms with Gasteiger partial charge in [-0.3, -0.25) is 4.79 Å². The van der Waals surface area contributed by atoms with Crippen molar-refractivity contribution >= 4 is 34.1 Å². The first-order valence-corrected chi connectivity index (χ1v) is 4.34. The fourth-order valence-corrected chi connectivity index (χ4v) is 1.55. The van der Waals surface area contributed by atoms with Crippen molar-refractivity contribution in [1.29, 1.82) is 0 Å². The fourth-order valence-electron chi connectivity index (χ4n) is 1.38. The van der Waals surface area contributed by atoms with Crippen molar-refractivity contribution in [2.24, 2.45) is 5.73 Å². The van der Waals surface area contributed by atoms with Gasteiger partial charge in [0.2, 0.25) is 0 Å². The second-order valence-electron chi connectivity index (χ2n) is 2.97. The summed E-state index contributed by atoms with van der Waals surface area (Å²) in [6.07, 6.45) is 0. The Kier molecular flexibility index (Phi) is 1.86. The minimum Gasteiger partial charge on any atom is -0.396 e. The molecule has 2 rings (SSSR count). The molecule has 0 saturated heterocycles. The first-order valence-electron chi connectivity index (χ1n) is 3.96. The van der Waals surface area contributed by atoms with Crippen LogP contribution in [0.25, 0.3) is 10.9 Å². The molecule has 0 fully saturated rings. The zero-order valence-corrected chi connectivity index (χ0v) is 7.93. The highest BCUT2D eigenvalue weighted by atomic mass is 35.5. The Balaban J connectivity index is 2.80. The molecule has 1 aromatic carbocycles. The monoisotopic (exact) mass is 209 g/mol. The van der Waals surface area contributed by atoms with Crippen LogP contribution in [0.5, 0.6) is 0 Å². The number of carbonyl (C=O) groups excluding carboxylic acids is 1. The molecule has 0 bridgehead atoms. The lowest BCUT2D eigenvalue weighted by atomic mass is 10.2. The number of nitrogen functional groups attached to an aromatic ring is 1. The average molecular weight is 210 g/mol. The molecule has 0 aliphatic carbocycles. The molecule has 0 aliphatic heterocycles. The predicted molar refractivity (Wildman–Crippen MR) is 56.2 cm³/mol. The number of rotatable bonds is 1. The highest BCUT2D eigenvalue weighted by molar-refractivity contribution is 6.31. The molecule has 0 spiro atoms. The van der Waals surface area contributed by atoms with Gasteiger partial charge in [0.25, 0.3) is 5.91 Å². The van der Waals surface area contributed by atoms with E-state index in [1.54, 1.807) is 18.2 Å². The molecular formula is C9H8ClN3O. The number of fused-ring (bicyclic) bond motifs is 1. The number of aromatic amines is 1. The number of nitrogens with one attached hydrogen (secondary N) is 1. The quantitative estimate of drug-likeness (QED) is 0.665. The van der Waals surface area contributed by atoms with Crippen LogP contribution >= 0.6 is 11.6 Å². The van der Waals surface area contributed by atoms with E-state index in [-0.39, 0.29) is 5.69 Å². The van der Waals surface area contributed by atoms with E-state index in [1.165, 1.54) is 0 Å². The van der Waals surface area contributed by atoms with E-state index in [0.29, 0.717) is 16.1 Å². The normalized spacial score (nSPS) is 10.6. The lowest BCUT2D eigenvalue weighted by molar-refractivity contribution is 0.0997. The summed E-state index contributed by atoms with van der Waals surface area (Å²) in [6.45, 7) is 0. The van der Waals surface area contributed by atoms with Crippen molar-refractivity contribution in [3.05, 3.63) is 28.9 Å². The van der Waals surface area contributed by atoms with Gasteiger partial charge in [-0.1, -0.05) is 11.6 Å². The fraction of sp³-hybridized carbons (Fsp3) is 0. The van der Waals surface area contributed by atoms with E-state index in [2.05, 4.69) is 4.98 Å². The van der Waals surface area contributed by atoms with Crippen molar-refractivity contribution in [2.45, 2.75) is 0 Å². The highest BCUT2D eigenvalue weighted by Gasteiger charge is 2.12. The number of primary amides is 1. The lowest BCUT2D eigenvalue weighted by Gasteiger charge is -1.92. The van der Waals surface area contributed by atoms with E-state index in [0.717, 1.165) is 5.52 Å². The molecule has 14 heavy (non-hydrogen) atoms. The summed E-state index contributed by atoms with van der Waals surface area (Å²) in [6, 6.07) is 5.15. The van der Waals surface area contributed by atoms with Gasteiger partial charge in [0.1, 0.15) is 5.69 Å². The third kappa shape index (κ3) is 1.20. The average Bonchev–Trinajstić information content (AvgIpc) is 2.44. The lowest BCUT2D eigenvalue weighted by Crippen LogP contribution is -2.13. The van der Waals surface area contributed by atoms with Crippen LogP contribution in [0.1, 0.15) is 10.5 Å². The topological polar surface area (TPSA) is 84.9 Å². The maximum Gasteiger partial charge on any atom is 0.267 e. The number of benzene rings is 1. The number of carbonyl (C=O) groups is 1. The van der Waals surface area contributed by atoms with E-state index < -0.39 is 5.91 Å². The standard InChI is InChI=1S/C9H8ClN3O/c10-4-1-2-6-5(3-4)7(11)8(13-6)9(12)14/h1-3,13H,11H2,(H2,12,14). The third-order valence-electron chi connectivity index (χ3n) is 2.05. The smallest absolute Gasteiger partial charge is 0.267 e. The maximum atomic E-state index is 11.0. The van der Waals surface area contributed by atoms with Gasteiger partial charge in [-0.15, -0.1) is 0 Å². The summed E-state index contributed by atoms with van der Waals surface area (Å²) in [7, 11) is 0. The van der Waals surface area contributed by atoms with Crippen LogP contribution in [-0.2, 0) is 0 Å². The van der Waals surface area contributed by atoms with Crippen molar-refractivity contribution in [2.75, 3.05) is 5.73 Å². The van der Waals surface area contributed by atoms with Crippen LogP contribution < -0.4 is 11.5 Å². The molecule has 0 unspecified atom stereocenters. The molecule has 72 valence electrons. The van der Waals surface area contributed by atoms with Gasteiger partial charge in [-0.05, 0) is 18.2 Å². The maximum absolute atomic E-state index is 11.0. The number of anilines is 1. The van der Waals surface area contributed by atoms with Crippen molar-refractivity contribution in [1.82, 2.24) is 4.98 Å². The van der Waals surface area contributed by atoms with Crippen molar-refractivity contribution in [3.8, 4) is 0 Å². The Morgan fingerprint density at radius 2 is 2.14 bits per heavy atom. The summed E-state index contributed by atoms with van der Waals surface area (Å²) < 4.78 is 0. The van der Waals surface area contributed by atoms with Gasteiger partial charge in [0, 0.05) is 15.9 Å². The molecule has 1 aromatic heterocycles. The van der Waals surface area contributed by atoms with Gasteiger partial charge in [-0.2, -0.15) is 0 Å². The van der Waals surface area contributed by atoms with Crippen LogP contribution in [0.2, 0.25) is 5.02 Å². The molecule has 0 radical (unpaired) electrons. The number of aromatic nitrogens is 1. The van der Waals surface area contributed by atoms with Gasteiger partial charge < -0.3 is 16.5 Å². The molecule has 0 aliphatic rings. The number of hydrogen-bond donors (Lipinski definition) is 3. The number of halogens is 1. The number of nitrogens with two attached hydrogens (primary N) is 2. The minimum absolute atomic E-state index is 0.224. The zero-order valence-electron chi connectivity index (χ0n) is 7.17. The van der Waals surface area contributed by atoms with Crippen LogP contribution in [-0.4, -0.2) is 10.9 Å². The zero-order chi connectivity index (χ0) is 10.3. The SMILES string of the molecule is NC(=O)c1[nH]c2ccc(Cl)cc2c1N. The second kappa shape index (κ2) is 2.92. The molecule has 5 N–H and O–H groups in total. The minimum atomic E-state index is -0.574. The second-order valence-corrected chi connectivity index (χ2v) is 3.40. The molecule has 1 amide bonds. The van der Waals surface area contributed by atoms with Crippen LogP contribution in [0.15, 0.2) is 18.2 Å². The van der Waals surface area contributed by atoms with E-state index >= 15 is 0 Å². The Morgan fingerprint density at radius 1 is 1.43 bits per heavy atom. The molecule has 5 heteroatoms. The van der Waals surface area contributed by atoms with Crippen LogP contribution in [0, 0.1) is 0 Å². The predicted octanol–water partition coefficient (Wildman–Crippen LogP) is 1.50. The first-order chi connectivity index (χ1) is 6.59.